The summed E-state index contributed by atoms with van der Waals surface area (Å²) >= 11 is 6.18. The van der Waals surface area contributed by atoms with Gasteiger partial charge in [0.1, 0.15) is 5.75 Å². The molecule has 1 atom stereocenters. The summed E-state index contributed by atoms with van der Waals surface area (Å²) in [4.78, 5) is 0. The molecule has 2 rings (SSSR count). The van der Waals surface area contributed by atoms with Gasteiger partial charge in [-0.3, -0.25) is 4.68 Å². The molecule has 2 aromatic rings. The summed E-state index contributed by atoms with van der Waals surface area (Å²) in [6, 6.07) is 5.02. The fraction of sp³-hybridized carbons (Fsp3) is 0.438. The Morgan fingerprint density at radius 3 is 2.61 bits per heavy atom. The molecule has 0 radical (unpaired) electrons. The summed E-state index contributed by atoms with van der Waals surface area (Å²) in [5.74, 6) is -0.934. The van der Waals surface area contributed by atoms with Gasteiger partial charge in [0.25, 0.3) is 0 Å². The zero-order valence-electron chi connectivity index (χ0n) is 13.1. The van der Waals surface area contributed by atoms with E-state index < -0.39 is 12.1 Å². The molecule has 0 unspecified atom stereocenters. The van der Waals surface area contributed by atoms with E-state index in [1.54, 1.807) is 29.1 Å². The van der Waals surface area contributed by atoms with Gasteiger partial charge in [-0.25, -0.2) is 0 Å². The first-order chi connectivity index (χ1) is 10.8. The predicted molar refractivity (Wildman–Crippen MR) is 83.8 cm³/mol. The Morgan fingerprint density at radius 2 is 2.04 bits per heavy atom. The third-order valence-electron chi connectivity index (χ3n) is 3.72. The van der Waals surface area contributed by atoms with Crippen LogP contribution in [0.15, 0.2) is 24.4 Å². The maximum Gasteiger partial charge on any atom is 0.391 e. The molecule has 23 heavy (non-hydrogen) atoms. The van der Waals surface area contributed by atoms with E-state index in [0.717, 1.165) is 0 Å². The van der Waals surface area contributed by atoms with Crippen molar-refractivity contribution in [3.05, 3.63) is 35.0 Å². The van der Waals surface area contributed by atoms with Crippen LogP contribution in [0.1, 0.15) is 19.4 Å². The lowest BCUT2D eigenvalue weighted by Gasteiger charge is -2.17. The smallest absolute Gasteiger partial charge is 0.391 e. The van der Waals surface area contributed by atoms with Gasteiger partial charge in [-0.15, -0.1) is 0 Å². The number of aryl methyl sites for hydroxylation is 1. The summed E-state index contributed by atoms with van der Waals surface area (Å²) < 4.78 is 45.2. The van der Waals surface area contributed by atoms with E-state index in [-0.39, 0.29) is 6.42 Å². The van der Waals surface area contributed by atoms with Crippen LogP contribution in [0.2, 0.25) is 5.02 Å². The molecule has 0 bridgehead atoms. The Balaban J connectivity index is 2.39. The fourth-order valence-corrected chi connectivity index (χ4v) is 2.64. The van der Waals surface area contributed by atoms with Crippen molar-refractivity contribution in [1.29, 1.82) is 0 Å². The molecule has 0 amide bonds. The van der Waals surface area contributed by atoms with Crippen LogP contribution in [0.3, 0.4) is 0 Å². The number of halogens is 4. The number of hydrogen-bond donors (Lipinski definition) is 0. The second-order valence-electron chi connectivity index (χ2n) is 5.34. The van der Waals surface area contributed by atoms with Crippen molar-refractivity contribution in [2.75, 3.05) is 7.11 Å². The van der Waals surface area contributed by atoms with E-state index in [1.165, 1.54) is 14.0 Å². The highest BCUT2D eigenvalue weighted by Gasteiger charge is 2.35. The Bertz CT molecular complexity index is 682. The second kappa shape index (κ2) is 6.83. The summed E-state index contributed by atoms with van der Waals surface area (Å²) in [7, 11) is 1.48. The van der Waals surface area contributed by atoms with Crippen molar-refractivity contribution >= 4 is 11.6 Å². The maximum atomic E-state index is 12.7. The van der Waals surface area contributed by atoms with E-state index >= 15 is 0 Å². The number of hydrogen-bond acceptors (Lipinski definition) is 2. The first-order valence-electron chi connectivity index (χ1n) is 7.23. The average molecular weight is 347 g/mol. The van der Waals surface area contributed by atoms with Gasteiger partial charge in [-0.1, -0.05) is 24.6 Å². The number of methoxy groups -OCH3 is 1. The minimum Gasteiger partial charge on any atom is -0.496 e. The van der Waals surface area contributed by atoms with Crippen molar-refractivity contribution in [2.24, 2.45) is 5.92 Å². The normalized spacial score (nSPS) is 13.2. The van der Waals surface area contributed by atoms with E-state index in [1.807, 2.05) is 6.92 Å². The van der Waals surface area contributed by atoms with Crippen LogP contribution in [-0.2, 0) is 13.0 Å². The lowest BCUT2D eigenvalue weighted by Crippen LogP contribution is -2.21. The van der Waals surface area contributed by atoms with Crippen molar-refractivity contribution < 1.29 is 17.9 Å². The minimum atomic E-state index is -4.21. The predicted octanol–water partition coefficient (Wildman–Crippen LogP) is 4.97. The summed E-state index contributed by atoms with van der Waals surface area (Å²) in [5.41, 5.74) is 1.97. The Hall–Kier alpha value is -1.69. The minimum absolute atomic E-state index is 0.0963. The zero-order chi connectivity index (χ0) is 17.2. The molecular weight excluding hydrogens is 329 g/mol. The van der Waals surface area contributed by atoms with Crippen LogP contribution < -0.4 is 4.74 Å². The molecule has 1 aromatic heterocycles. The number of aromatic nitrogens is 2. The van der Waals surface area contributed by atoms with Crippen LogP contribution >= 0.6 is 11.6 Å². The maximum absolute atomic E-state index is 12.7. The first-order valence-corrected chi connectivity index (χ1v) is 7.61. The third-order valence-corrected chi connectivity index (χ3v) is 3.99. The summed E-state index contributed by atoms with van der Waals surface area (Å²) in [5, 5.41) is 4.64. The number of alkyl halides is 3. The molecule has 0 fully saturated rings. The van der Waals surface area contributed by atoms with Gasteiger partial charge in [0.15, 0.2) is 0 Å². The van der Waals surface area contributed by atoms with E-state index in [2.05, 4.69) is 5.10 Å². The quantitative estimate of drug-likeness (QED) is 0.764. The molecule has 126 valence electrons. The topological polar surface area (TPSA) is 27.1 Å². The van der Waals surface area contributed by atoms with Gasteiger partial charge < -0.3 is 4.74 Å². The highest BCUT2D eigenvalue weighted by atomic mass is 35.5. The van der Waals surface area contributed by atoms with Gasteiger partial charge >= 0.3 is 6.18 Å². The Kier molecular flexibility index (Phi) is 5.24. The molecule has 0 N–H and O–H groups in total. The van der Waals surface area contributed by atoms with Crippen molar-refractivity contribution in [3.63, 3.8) is 0 Å². The van der Waals surface area contributed by atoms with E-state index in [0.29, 0.717) is 34.1 Å². The molecule has 0 spiro atoms. The standard InChI is InChI=1S/C16H18ClF3N2O/c1-4-22-15(13(17)9-21-22)12-6-5-11(8-14(12)23-3)7-10(2)16(18,19)20/h5-6,8-10H,4,7H2,1-3H3/t10-/m1/s1. The van der Waals surface area contributed by atoms with E-state index in [9.17, 15) is 13.2 Å². The molecule has 0 aliphatic rings. The van der Waals surface area contributed by atoms with Crippen LogP contribution in [0.4, 0.5) is 13.2 Å². The molecule has 3 nitrogen and oxygen atoms in total. The van der Waals surface area contributed by atoms with Gasteiger partial charge in [0.2, 0.25) is 0 Å². The Morgan fingerprint density at radius 1 is 1.35 bits per heavy atom. The third kappa shape index (κ3) is 3.80. The largest absolute Gasteiger partial charge is 0.496 e. The SMILES string of the molecule is CCn1ncc(Cl)c1-c1ccc(C[C@@H](C)C(F)(F)F)cc1OC. The second-order valence-corrected chi connectivity index (χ2v) is 5.75. The number of benzene rings is 1. The van der Waals surface area contributed by atoms with Crippen LogP contribution in [0.5, 0.6) is 5.75 Å². The summed E-state index contributed by atoms with van der Waals surface area (Å²) in [6.07, 6.45) is -2.77. The van der Waals surface area contributed by atoms with Crippen molar-refractivity contribution in [2.45, 2.75) is 33.0 Å². The first kappa shape index (κ1) is 17.7. The number of rotatable bonds is 5. The van der Waals surface area contributed by atoms with Gasteiger partial charge in [0, 0.05) is 12.1 Å². The van der Waals surface area contributed by atoms with Crippen molar-refractivity contribution in [3.8, 4) is 17.0 Å². The molecule has 0 saturated carbocycles. The molecule has 7 heteroatoms. The van der Waals surface area contributed by atoms with Gasteiger partial charge in [0.05, 0.1) is 29.9 Å². The van der Waals surface area contributed by atoms with Crippen LogP contribution in [-0.4, -0.2) is 23.1 Å². The van der Waals surface area contributed by atoms with Gasteiger partial charge in [-0.2, -0.15) is 18.3 Å². The average Bonchev–Trinajstić information content (AvgIpc) is 2.87. The fourth-order valence-electron chi connectivity index (χ4n) is 2.40. The van der Waals surface area contributed by atoms with Gasteiger partial charge in [-0.05, 0) is 31.0 Å². The molecule has 1 aromatic carbocycles. The molecular formula is C16H18ClF3N2O. The summed E-state index contributed by atoms with van der Waals surface area (Å²) in [6.45, 7) is 3.72. The lowest BCUT2D eigenvalue weighted by molar-refractivity contribution is -0.169. The molecule has 0 saturated heterocycles. The molecule has 0 aliphatic carbocycles. The monoisotopic (exact) mass is 346 g/mol. The molecule has 1 heterocycles. The van der Waals surface area contributed by atoms with Crippen LogP contribution in [0, 0.1) is 5.92 Å². The Labute approximate surface area is 138 Å². The highest BCUT2D eigenvalue weighted by Crippen LogP contribution is 2.37. The number of ether oxygens (including phenoxy) is 1. The zero-order valence-corrected chi connectivity index (χ0v) is 13.9. The molecule has 0 aliphatic heterocycles. The van der Waals surface area contributed by atoms with Crippen LogP contribution in [0.25, 0.3) is 11.3 Å². The lowest BCUT2D eigenvalue weighted by atomic mass is 9.98. The van der Waals surface area contributed by atoms with E-state index in [4.69, 9.17) is 16.3 Å². The highest BCUT2D eigenvalue weighted by molar-refractivity contribution is 6.33. The van der Waals surface area contributed by atoms with Crippen molar-refractivity contribution in [1.82, 2.24) is 9.78 Å². The number of nitrogens with zero attached hydrogens (tertiary/aromatic N) is 2.